The lowest BCUT2D eigenvalue weighted by molar-refractivity contribution is 0.0697. The van der Waals surface area contributed by atoms with Crippen LogP contribution in [0.25, 0.3) is 10.8 Å². The van der Waals surface area contributed by atoms with Gasteiger partial charge in [-0.05, 0) is 59.7 Å². The van der Waals surface area contributed by atoms with Crippen molar-refractivity contribution in [2.45, 2.75) is 26.2 Å². The second-order valence-corrected chi connectivity index (χ2v) is 6.94. The van der Waals surface area contributed by atoms with Crippen LogP contribution in [0.3, 0.4) is 0 Å². The van der Waals surface area contributed by atoms with Gasteiger partial charge in [0.05, 0.1) is 17.2 Å². The van der Waals surface area contributed by atoms with Gasteiger partial charge in [-0.25, -0.2) is 4.79 Å². The summed E-state index contributed by atoms with van der Waals surface area (Å²) in [4.78, 5) is 11.1. The molecule has 0 bridgehead atoms. The molecule has 3 aromatic carbocycles. The first kappa shape index (κ1) is 19.8. The Morgan fingerprint density at radius 2 is 1.64 bits per heavy atom. The fraction of sp³-hybridized carbons (Fsp3) is 0.208. The Kier molecular flexibility index (Phi) is 6.57. The Bertz CT molecular complexity index is 1060. The second-order valence-electron chi connectivity index (χ2n) is 6.53. The number of rotatable bonds is 6. The molecule has 0 heterocycles. The molecule has 0 atom stereocenters. The minimum atomic E-state index is -0.930. The second kappa shape index (κ2) is 9.30. The highest BCUT2D eigenvalue weighted by Crippen LogP contribution is 2.25. The molecule has 0 saturated carbocycles. The summed E-state index contributed by atoms with van der Waals surface area (Å²) < 4.78 is 5.71. The number of fused-ring (bicyclic) bond motifs is 1. The van der Waals surface area contributed by atoms with Gasteiger partial charge in [0.25, 0.3) is 0 Å². The van der Waals surface area contributed by atoms with Gasteiger partial charge < -0.3 is 9.84 Å². The predicted octanol–water partition coefficient (Wildman–Crippen LogP) is 6.16. The van der Waals surface area contributed by atoms with E-state index in [-0.39, 0.29) is 5.56 Å². The monoisotopic (exact) mass is 392 g/mol. The molecule has 0 aliphatic carbocycles. The van der Waals surface area contributed by atoms with Gasteiger partial charge in [-0.2, -0.15) is 0 Å². The Balaban J connectivity index is 1.74. The molecule has 3 aromatic rings. The lowest BCUT2D eigenvalue weighted by Crippen LogP contribution is -1.97. The molecule has 0 unspecified atom stereocenters. The van der Waals surface area contributed by atoms with Crippen LogP contribution < -0.4 is 4.74 Å². The average molecular weight is 393 g/mol. The van der Waals surface area contributed by atoms with Crippen LogP contribution >= 0.6 is 11.6 Å². The predicted molar refractivity (Wildman–Crippen MR) is 113 cm³/mol. The summed E-state index contributed by atoms with van der Waals surface area (Å²) in [6.07, 6.45) is 3.32. The molecular weight excluding hydrogens is 372 g/mol. The van der Waals surface area contributed by atoms with E-state index in [1.807, 2.05) is 36.4 Å². The summed E-state index contributed by atoms with van der Waals surface area (Å²) >= 11 is 6.30. The number of aromatic carboxylic acids is 1. The van der Waals surface area contributed by atoms with Gasteiger partial charge in [-0.15, -0.1) is 0 Å². The number of unbranched alkanes of at least 4 members (excludes halogenated alkanes) is 2. The number of hydrogen-bond acceptors (Lipinski definition) is 2. The summed E-state index contributed by atoms with van der Waals surface area (Å²) in [5, 5.41) is 11.5. The maximum atomic E-state index is 11.1. The van der Waals surface area contributed by atoms with Gasteiger partial charge in [-0.1, -0.05) is 55.3 Å². The SMILES string of the molecule is CCCCCOc1ccc(C#Cc2ccc3cc(C(=O)O)ccc3c2)cc1Cl. The van der Waals surface area contributed by atoms with Gasteiger partial charge >= 0.3 is 5.97 Å². The number of ether oxygens (including phenoxy) is 1. The highest BCUT2D eigenvalue weighted by Gasteiger charge is 2.04. The summed E-state index contributed by atoms with van der Waals surface area (Å²) in [5.41, 5.74) is 1.94. The Labute approximate surface area is 169 Å². The third kappa shape index (κ3) is 5.06. The van der Waals surface area contributed by atoms with Crippen molar-refractivity contribution in [3.05, 3.63) is 76.3 Å². The average Bonchev–Trinajstić information content (AvgIpc) is 2.70. The van der Waals surface area contributed by atoms with Crippen molar-refractivity contribution in [3.63, 3.8) is 0 Å². The van der Waals surface area contributed by atoms with E-state index in [9.17, 15) is 4.79 Å². The summed E-state index contributed by atoms with van der Waals surface area (Å²) in [6, 6.07) is 16.3. The van der Waals surface area contributed by atoms with E-state index < -0.39 is 5.97 Å². The van der Waals surface area contributed by atoms with E-state index in [4.69, 9.17) is 21.4 Å². The van der Waals surface area contributed by atoms with E-state index >= 15 is 0 Å². The molecule has 0 saturated heterocycles. The molecule has 0 aliphatic rings. The number of benzene rings is 3. The topological polar surface area (TPSA) is 46.5 Å². The number of halogens is 1. The van der Waals surface area contributed by atoms with Crippen LogP contribution in [0.1, 0.15) is 47.7 Å². The first-order chi connectivity index (χ1) is 13.6. The Morgan fingerprint density at radius 1 is 0.964 bits per heavy atom. The zero-order valence-electron chi connectivity index (χ0n) is 15.7. The molecule has 3 nitrogen and oxygen atoms in total. The molecule has 0 fully saturated rings. The minimum Gasteiger partial charge on any atom is -0.492 e. The van der Waals surface area contributed by atoms with Crippen molar-refractivity contribution in [1.82, 2.24) is 0 Å². The van der Waals surface area contributed by atoms with Crippen LogP contribution in [-0.4, -0.2) is 17.7 Å². The third-order valence-corrected chi connectivity index (χ3v) is 4.67. The minimum absolute atomic E-state index is 0.276. The number of carboxylic acid groups (broad SMARTS) is 1. The standard InChI is InChI=1S/C24H21ClO3/c1-2-3-4-13-28-23-12-8-18(15-22(23)25)6-5-17-7-9-20-16-21(24(26)27)11-10-19(20)14-17/h7-12,14-16H,2-4,13H2,1H3,(H,26,27). The first-order valence-electron chi connectivity index (χ1n) is 9.28. The molecule has 142 valence electrons. The third-order valence-electron chi connectivity index (χ3n) is 4.38. The van der Waals surface area contributed by atoms with Crippen LogP contribution in [0.5, 0.6) is 5.75 Å². The normalized spacial score (nSPS) is 10.4. The molecule has 3 rings (SSSR count). The zero-order valence-corrected chi connectivity index (χ0v) is 16.4. The van der Waals surface area contributed by atoms with Crippen molar-refractivity contribution >= 4 is 28.3 Å². The van der Waals surface area contributed by atoms with Crippen molar-refractivity contribution in [1.29, 1.82) is 0 Å². The van der Waals surface area contributed by atoms with Gasteiger partial charge in [0.1, 0.15) is 5.75 Å². The Morgan fingerprint density at radius 3 is 2.36 bits per heavy atom. The van der Waals surface area contributed by atoms with Crippen LogP contribution in [0.2, 0.25) is 5.02 Å². The molecule has 28 heavy (non-hydrogen) atoms. The van der Waals surface area contributed by atoms with Gasteiger partial charge in [0.15, 0.2) is 0 Å². The van der Waals surface area contributed by atoms with Crippen molar-refractivity contribution in [2.24, 2.45) is 0 Å². The number of hydrogen-bond donors (Lipinski definition) is 1. The maximum absolute atomic E-state index is 11.1. The molecule has 0 aliphatic heterocycles. The molecule has 0 amide bonds. The highest BCUT2D eigenvalue weighted by atomic mass is 35.5. The Hall–Kier alpha value is -2.96. The first-order valence-corrected chi connectivity index (χ1v) is 9.66. The van der Waals surface area contributed by atoms with Crippen molar-refractivity contribution in [3.8, 4) is 17.6 Å². The fourth-order valence-corrected chi connectivity index (χ4v) is 3.07. The van der Waals surface area contributed by atoms with Crippen LogP contribution in [-0.2, 0) is 0 Å². The highest BCUT2D eigenvalue weighted by molar-refractivity contribution is 6.32. The number of carbonyl (C=O) groups is 1. The molecule has 0 radical (unpaired) electrons. The summed E-state index contributed by atoms with van der Waals surface area (Å²) in [6.45, 7) is 2.82. The zero-order chi connectivity index (χ0) is 19.9. The maximum Gasteiger partial charge on any atom is 0.335 e. The van der Waals surface area contributed by atoms with Crippen LogP contribution in [0.15, 0.2) is 54.6 Å². The lowest BCUT2D eigenvalue weighted by atomic mass is 10.0. The van der Waals surface area contributed by atoms with E-state index in [0.717, 1.165) is 41.2 Å². The smallest absolute Gasteiger partial charge is 0.335 e. The van der Waals surface area contributed by atoms with Gasteiger partial charge in [0.2, 0.25) is 0 Å². The van der Waals surface area contributed by atoms with Gasteiger partial charge in [-0.3, -0.25) is 0 Å². The van der Waals surface area contributed by atoms with Gasteiger partial charge in [0, 0.05) is 11.1 Å². The molecular formula is C24H21ClO3. The van der Waals surface area contributed by atoms with Crippen molar-refractivity contribution < 1.29 is 14.6 Å². The van der Waals surface area contributed by atoms with E-state index in [1.165, 1.54) is 0 Å². The number of carboxylic acids is 1. The quantitative estimate of drug-likeness (QED) is 0.403. The molecule has 0 spiro atoms. The fourth-order valence-electron chi connectivity index (χ4n) is 2.83. The van der Waals surface area contributed by atoms with E-state index in [2.05, 4.69) is 18.8 Å². The lowest BCUT2D eigenvalue weighted by Gasteiger charge is -2.07. The molecule has 4 heteroatoms. The van der Waals surface area contributed by atoms with Crippen LogP contribution in [0, 0.1) is 11.8 Å². The largest absolute Gasteiger partial charge is 0.492 e. The van der Waals surface area contributed by atoms with Crippen molar-refractivity contribution in [2.75, 3.05) is 6.61 Å². The molecule has 1 N–H and O–H groups in total. The van der Waals surface area contributed by atoms with Crippen LogP contribution in [0.4, 0.5) is 0 Å². The summed E-state index contributed by atoms with van der Waals surface area (Å²) in [7, 11) is 0. The van der Waals surface area contributed by atoms with E-state index in [0.29, 0.717) is 17.4 Å². The summed E-state index contributed by atoms with van der Waals surface area (Å²) in [5.74, 6) is 6.00. The molecule has 0 aromatic heterocycles. The van der Waals surface area contributed by atoms with E-state index in [1.54, 1.807) is 18.2 Å².